The molecule has 1 fully saturated rings. The first kappa shape index (κ1) is 24.0. The molecule has 2 aromatic rings. The molecule has 0 atom stereocenters. The summed E-state index contributed by atoms with van der Waals surface area (Å²) in [5.74, 6) is -1.49. The number of nitrogens with zero attached hydrogens (tertiary/aromatic N) is 2. The van der Waals surface area contributed by atoms with Crippen LogP contribution in [0.4, 0.5) is 5.69 Å². The topological polar surface area (TPSA) is 81.8 Å². The van der Waals surface area contributed by atoms with Gasteiger partial charge in [-0.3, -0.25) is 19.3 Å². The highest BCUT2D eigenvalue weighted by Gasteiger charge is 2.24. The largest absolute Gasteiger partial charge is 0.347 e. The zero-order chi connectivity index (χ0) is 23.3. The van der Waals surface area contributed by atoms with E-state index < -0.39 is 11.8 Å². The van der Waals surface area contributed by atoms with Crippen molar-refractivity contribution in [2.24, 2.45) is 0 Å². The second-order valence-electron chi connectivity index (χ2n) is 7.77. The Bertz CT molecular complexity index is 1020. The number of aryl methyl sites for hydroxylation is 2. The Balaban J connectivity index is 1.40. The van der Waals surface area contributed by atoms with Gasteiger partial charge >= 0.3 is 11.8 Å². The maximum absolute atomic E-state index is 12.7. The minimum atomic E-state index is -0.691. The Morgan fingerprint density at radius 2 is 1.62 bits per heavy atom. The van der Waals surface area contributed by atoms with Gasteiger partial charge in [0.15, 0.2) is 0 Å². The Labute approximate surface area is 197 Å². The third-order valence-electron chi connectivity index (χ3n) is 5.51. The molecule has 0 saturated carbocycles. The normalized spacial score (nSPS) is 14.2. The Morgan fingerprint density at radius 1 is 0.906 bits per heavy atom. The fourth-order valence-corrected chi connectivity index (χ4v) is 3.91. The molecule has 170 valence electrons. The zero-order valence-corrected chi connectivity index (χ0v) is 19.6. The third-order valence-corrected chi connectivity index (χ3v) is 6.05. The third kappa shape index (κ3) is 6.22. The van der Waals surface area contributed by atoms with E-state index in [1.807, 2.05) is 26.0 Å². The number of rotatable bonds is 5. The Hall–Kier alpha value is -2.61. The molecule has 0 aliphatic carbocycles. The van der Waals surface area contributed by atoms with E-state index in [0.717, 1.165) is 11.1 Å². The number of piperazine rings is 1. The summed E-state index contributed by atoms with van der Waals surface area (Å²) in [7, 11) is 0. The van der Waals surface area contributed by atoms with Crippen LogP contribution in [-0.2, 0) is 9.59 Å². The van der Waals surface area contributed by atoms with Crippen molar-refractivity contribution < 1.29 is 14.4 Å². The smallest absolute Gasteiger partial charge is 0.313 e. The molecular formula is C23H26Cl2N4O3. The van der Waals surface area contributed by atoms with Gasteiger partial charge in [0, 0.05) is 50.0 Å². The van der Waals surface area contributed by atoms with Crippen LogP contribution in [0.3, 0.4) is 0 Å². The van der Waals surface area contributed by atoms with Crippen LogP contribution in [0.1, 0.15) is 21.5 Å². The van der Waals surface area contributed by atoms with E-state index in [0.29, 0.717) is 60.6 Å². The van der Waals surface area contributed by atoms with E-state index in [-0.39, 0.29) is 5.91 Å². The van der Waals surface area contributed by atoms with E-state index >= 15 is 0 Å². The van der Waals surface area contributed by atoms with Gasteiger partial charge in [0.05, 0.1) is 10.6 Å². The lowest BCUT2D eigenvalue weighted by Gasteiger charge is -2.34. The van der Waals surface area contributed by atoms with Gasteiger partial charge in [-0.2, -0.15) is 0 Å². The van der Waals surface area contributed by atoms with Gasteiger partial charge in [-0.25, -0.2) is 0 Å². The summed E-state index contributed by atoms with van der Waals surface area (Å²) in [5, 5.41) is 6.08. The van der Waals surface area contributed by atoms with Crippen molar-refractivity contribution in [3.8, 4) is 0 Å². The second kappa shape index (κ2) is 10.8. The second-order valence-corrected chi connectivity index (χ2v) is 8.61. The van der Waals surface area contributed by atoms with Crippen molar-refractivity contribution in [1.82, 2.24) is 15.1 Å². The van der Waals surface area contributed by atoms with Gasteiger partial charge in [0.2, 0.25) is 0 Å². The minimum absolute atomic E-state index is 0.123. The van der Waals surface area contributed by atoms with Gasteiger partial charge in [-0.05, 0) is 55.3 Å². The van der Waals surface area contributed by atoms with Gasteiger partial charge in [0.25, 0.3) is 5.91 Å². The van der Waals surface area contributed by atoms with Crippen LogP contribution in [0.5, 0.6) is 0 Å². The standard InChI is InChI=1S/C23H26Cl2N4O3/c1-15-3-5-18(13-16(15)2)27-22(31)21(30)26-7-8-28-9-11-29(12-10-28)23(32)19-6-4-17(24)14-20(19)25/h3-6,13-14H,7-12H2,1-2H3,(H,26,30)(H,27,31). The fraction of sp³-hybridized carbons (Fsp3) is 0.348. The Morgan fingerprint density at radius 3 is 2.28 bits per heavy atom. The summed E-state index contributed by atoms with van der Waals surface area (Å²) in [6.45, 7) is 7.31. The van der Waals surface area contributed by atoms with E-state index in [1.54, 1.807) is 29.2 Å². The van der Waals surface area contributed by atoms with Gasteiger partial charge < -0.3 is 15.5 Å². The van der Waals surface area contributed by atoms with Gasteiger partial charge in [-0.15, -0.1) is 0 Å². The molecule has 1 saturated heterocycles. The summed E-state index contributed by atoms with van der Waals surface area (Å²) in [6.07, 6.45) is 0. The number of hydrogen-bond donors (Lipinski definition) is 2. The van der Waals surface area contributed by atoms with Crippen LogP contribution in [-0.4, -0.2) is 66.8 Å². The van der Waals surface area contributed by atoms with Crippen LogP contribution in [0.2, 0.25) is 10.0 Å². The summed E-state index contributed by atoms with van der Waals surface area (Å²) >= 11 is 12.0. The summed E-state index contributed by atoms with van der Waals surface area (Å²) < 4.78 is 0. The average Bonchev–Trinajstić information content (AvgIpc) is 2.76. The van der Waals surface area contributed by atoms with Crippen LogP contribution >= 0.6 is 23.2 Å². The van der Waals surface area contributed by atoms with Crippen molar-refractivity contribution in [3.05, 3.63) is 63.1 Å². The molecule has 7 nitrogen and oxygen atoms in total. The summed E-state index contributed by atoms with van der Waals surface area (Å²) in [6, 6.07) is 10.3. The fourth-order valence-electron chi connectivity index (χ4n) is 3.42. The highest BCUT2D eigenvalue weighted by Crippen LogP contribution is 2.22. The lowest BCUT2D eigenvalue weighted by molar-refractivity contribution is -0.136. The number of carbonyl (C=O) groups is 3. The first-order chi connectivity index (χ1) is 15.2. The predicted octanol–water partition coefficient (Wildman–Crippen LogP) is 3.12. The molecule has 1 aliphatic heterocycles. The molecule has 9 heteroatoms. The molecule has 3 amide bonds. The van der Waals surface area contributed by atoms with Crippen LogP contribution in [0, 0.1) is 13.8 Å². The highest BCUT2D eigenvalue weighted by molar-refractivity contribution is 6.39. The molecule has 3 rings (SSSR count). The summed E-state index contributed by atoms with van der Waals surface area (Å²) in [5.41, 5.74) is 3.19. The van der Waals surface area contributed by atoms with E-state index in [1.165, 1.54) is 0 Å². The molecule has 0 bridgehead atoms. The SMILES string of the molecule is Cc1ccc(NC(=O)C(=O)NCCN2CCN(C(=O)c3ccc(Cl)cc3Cl)CC2)cc1C. The summed E-state index contributed by atoms with van der Waals surface area (Å²) in [4.78, 5) is 40.7. The average molecular weight is 477 g/mol. The highest BCUT2D eigenvalue weighted by atomic mass is 35.5. The number of benzene rings is 2. The lowest BCUT2D eigenvalue weighted by Crippen LogP contribution is -2.50. The molecule has 1 heterocycles. The maximum atomic E-state index is 12.7. The molecule has 0 radical (unpaired) electrons. The number of anilines is 1. The molecule has 1 aliphatic rings. The zero-order valence-electron chi connectivity index (χ0n) is 18.1. The van der Waals surface area contributed by atoms with Crippen molar-refractivity contribution in [2.75, 3.05) is 44.6 Å². The number of halogens is 2. The van der Waals surface area contributed by atoms with Gasteiger partial charge in [-0.1, -0.05) is 29.3 Å². The van der Waals surface area contributed by atoms with Gasteiger partial charge in [0.1, 0.15) is 0 Å². The Kier molecular flexibility index (Phi) is 8.12. The van der Waals surface area contributed by atoms with Crippen molar-refractivity contribution in [3.63, 3.8) is 0 Å². The number of carbonyl (C=O) groups excluding carboxylic acids is 3. The van der Waals surface area contributed by atoms with E-state index in [2.05, 4.69) is 15.5 Å². The molecule has 2 aromatic carbocycles. The molecule has 2 N–H and O–H groups in total. The van der Waals surface area contributed by atoms with Crippen LogP contribution < -0.4 is 10.6 Å². The van der Waals surface area contributed by atoms with E-state index in [9.17, 15) is 14.4 Å². The van der Waals surface area contributed by atoms with Crippen molar-refractivity contribution in [1.29, 1.82) is 0 Å². The molecule has 0 spiro atoms. The predicted molar refractivity (Wildman–Crippen MR) is 126 cm³/mol. The molecular weight excluding hydrogens is 451 g/mol. The molecule has 0 unspecified atom stereocenters. The van der Waals surface area contributed by atoms with Crippen LogP contribution in [0.25, 0.3) is 0 Å². The molecule has 32 heavy (non-hydrogen) atoms. The number of amides is 3. The van der Waals surface area contributed by atoms with Crippen LogP contribution in [0.15, 0.2) is 36.4 Å². The minimum Gasteiger partial charge on any atom is -0.347 e. The molecule has 0 aromatic heterocycles. The monoisotopic (exact) mass is 476 g/mol. The first-order valence-corrected chi connectivity index (χ1v) is 11.1. The number of nitrogens with one attached hydrogen (secondary N) is 2. The maximum Gasteiger partial charge on any atom is 0.313 e. The lowest BCUT2D eigenvalue weighted by atomic mass is 10.1. The van der Waals surface area contributed by atoms with Crippen molar-refractivity contribution >= 4 is 46.6 Å². The first-order valence-electron chi connectivity index (χ1n) is 10.4. The number of hydrogen-bond acceptors (Lipinski definition) is 4. The van der Waals surface area contributed by atoms with Crippen molar-refractivity contribution in [2.45, 2.75) is 13.8 Å². The van der Waals surface area contributed by atoms with E-state index in [4.69, 9.17) is 23.2 Å². The quantitative estimate of drug-likeness (QED) is 0.649.